The summed E-state index contributed by atoms with van der Waals surface area (Å²) in [6.45, 7) is 3.07. The van der Waals surface area contributed by atoms with Crippen molar-refractivity contribution in [2.45, 2.75) is 25.3 Å². The van der Waals surface area contributed by atoms with Crippen molar-refractivity contribution in [1.29, 1.82) is 0 Å². The Bertz CT molecular complexity index is 138. The van der Waals surface area contributed by atoms with Crippen molar-refractivity contribution >= 4 is 0 Å². The van der Waals surface area contributed by atoms with E-state index in [4.69, 9.17) is 4.74 Å². The van der Waals surface area contributed by atoms with E-state index in [0.717, 1.165) is 31.7 Å². The fraction of sp³-hybridized carbons (Fsp3) is 1.00. The van der Waals surface area contributed by atoms with Gasteiger partial charge in [-0.1, -0.05) is 6.42 Å². The number of fused-ring (bicyclic) bond motifs is 1. The smallest absolute Gasteiger partial charge is 0.0593 e. The molecule has 2 fully saturated rings. The first kappa shape index (κ1) is 7.56. The summed E-state index contributed by atoms with van der Waals surface area (Å²) in [5.41, 5.74) is 0. The Kier molecular flexibility index (Phi) is 2.14. The van der Waals surface area contributed by atoms with Crippen LogP contribution in [0.1, 0.15) is 19.3 Å². The van der Waals surface area contributed by atoms with Crippen LogP contribution >= 0.6 is 0 Å². The number of hydrogen-bond acceptors (Lipinski definition) is 2. The molecular formula is C9H17NO. The molecule has 1 aliphatic heterocycles. The van der Waals surface area contributed by atoms with E-state index in [1.165, 1.54) is 19.3 Å². The lowest BCUT2D eigenvalue weighted by Crippen LogP contribution is -2.34. The lowest BCUT2D eigenvalue weighted by molar-refractivity contribution is 0.121. The molecule has 1 heterocycles. The van der Waals surface area contributed by atoms with Gasteiger partial charge in [-0.25, -0.2) is 0 Å². The molecule has 2 nitrogen and oxygen atoms in total. The summed E-state index contributed by atoms with van der Waals surface area (Å²) in [7, 11) is 2.23. The van der Waals surface area contributed by atoms with Gasteiger partial charge < -0.3 is 9.64 Å². The van der Waals surface area contributed by atoms with Crippen LogP contribution in [0.15, 0.2) is 0 Å². The van der Waals surface area contributed by atoms with E-state index >= 15 is 0 Å². The second-order valence-corrected chi connectivity index (χ2v) is 3.81. The van der Waals surface area contributed by atoms with E-state index in [9.17, 15) is 0 Å². The zero-order valence-corrected chi connectivity index (χ0v) is 7.25. The van der Waals surface area contributed by atoms with Crippen LogP contribution in [-0.2, 0) is 4.74 Å². The van der Waals surface area contributed by atoms with Gasteiger partial charge in [0.2, 0.25) is 0 Å². The molecule has 0 spiro atoms. The standard InChI is InChI=1S/C9H17NO/c1-10-5-6-11-7-8-3-2-4-9(8)10/h8-9H,2-7H2,1H3. The lowest BCUT2D eigenvalue weighted by Gasteiger charge is -2.24. The highest BCUT2D eigenvalue weighted by Gasteiger charge is 2.31. The normalized spacial score (nSPS) is 40.1. The Morgan fingerprint density at radius 1 is 1.36 bits per heavy atom. The van der Waals surface area contributed by atoms with Crippen LogP contribution < -0.4 is 0 Å². The zero-order valence-electron chi connectivity index (χ0n) is 7.25. The van der Waals surface area contributed by atoms with Gasteiger partial charge >= 0.3 is 0 Å². The van der Waals surface area contributed by atoms with E-state index in [1.807, 2.05) is 0 Å². The monoisotopic (exact) mass is 155 g/mol. The lowest BCUT2D eigenvalue weighted by atomic mass is 10.0. The number of likely N-dealkylation sites (N-methyl/N-ethyl adjacent to an activating group) is 1. The van der Waals surface area contributed by atoms with Gasteiger partial charge in [0.15, 0.2) is 0 Å². The average molecular weight is 155 g/mol. The predicted molar refractivity (Wildman–Crippen MR) is 44.6 cm³/mol. The van der Waals surface area contributed by atoms with Crippen molar-refractivity contribution in [2.24, 2.45) is 5.92 Å². The zero-order chi connectivity index (χ0) is 7.68. The summed E-state index contributed by atoms with van der Waals surface area (Å²) in [5.74, 6) is 0.836. The van der Waals surface area contributed by atoms with Crippen LogP contribution in [0, 0.1) is 5.92 Å². The summed E-state index contributed by atoms with van der Waals surface area (Å²) in [5, 5.41) is 0. The predicted octanol–water partition coefficient (Wildman–Crippen LogP) is 1.12. The maximum Gasteiger partial charge on any atom is 0.0593 e. The fourth-order valence-electron chi connectivity index (χ4n) is 2.40. The first-order chi connectivity index (χ1) is 5.38. The van der Waals surface area contributed by atoms with Crippen molar-refractivity contribution < 1.29 is 4.74 Å². The van der Waals surface area contributed by atoms with E-state index in [2.05, 4.69) is 11.9 Å². The highest BCUT2D eigenvalue weighted by Crippen LogP contribution is 2.30. The van der Waals surface area contributed by atoms with Crippen LogP contribution in [0.3, 0.4) is 0 Å². The van der Waals surface area contributed by atoms with Gasteiger partial charge in [-0.3, -0.25) is 0 Å². The molecule has 0 bridgehead atoms. The van der Waals surface area contributed by atoms with Gasteiger partial charge in [-0.05, 0) is 25.8 Å². The van der Waals surface area contributed by atoms with Gasteiger partial charge in [-0.15, -0.1) is 0 Å². The van der Waals surface area contributed by atoms with Crippen LogP contribution in [0.5, 0.6) is 0 Å². The Morgan fingerprint density at radius 3 is 3.18 bits per heavy atom. The van der Waals surface area contributed by atoms with Crippen molar-refractivity contribution in [3.05, 3.63) is 0 Å². The molecule has 0 aromatic rings. The van der Waals surface area contributed by atoms with Crippen LogP contribution in [-0.4, -0.2) is 37.7 Å². The molecule has 0 radical (unpaired) electrons. The van der Waals surface area contributed by atoms with E-state index in [-0.39, 0.29) is 0 Å². The molecule has 0 aromatic carbocycles. The van der Waals surface area contributed by atoms with Crippen LogP contribution in [0.4, 0.5) is 0 Å². The first-order valence-electron chi connectivity index (χ1n) is 4.66. The summed E-state index contributed by atoms with van der Waals surface area (Å²) in [4.78, 5) is 2.48. The summed E-state index contributed by atoms with van der Waals surface area (Å²) in [6, 6.07) is 0.831. The molecule has 64 valence electrons. The Balaban J connectivity index is 2.03. The molecule has 0 amide bonds. The minimum Gasteiger partial charge on any atom is -0.380 e. The van der Waals surface area contributed by atoms with Crippen molar-refractivity contribution in [3.63, 3.8) is 0 Å². The SMILES string of the molecule is CN1CCOCC2CCCC21. The van der Waals surface area contributed by atoms with Gasteiger partial charge in [-0.2, -0.15) is 0 Å². The Hall–Kier alpha value is -0.0800. The van der Waals surface area contributed by atoms with Gasteiger partial charge in [0.1, 0.15) is 0 Å². The van der Waals surface area contributed by atoms with E-state index < -0.39 is 0 Å². The molecule has 2 aliphatic rings. The third-order valence-electron chi connectivity index (χ3n) is 3.11. The van der Waals surface area contributed by atoms with Gasteiger partial charge in [0.05, 0.1) is 13.2 Å². The quantitative estimate of drug-likeness (QED) is 0.519. The Labute approximate surface area is 68.5 Å². The molecular weight excluding hydrogens is 138 g/mol. The molecule has 1 saturated heterocycles. The molecule has 2 rings (SSSR count). The molecule has 2 heteroatoms. The maximum absolute atomic E-state index is 5.54. The van der Waals surface area contributed by atoms with Crippen LogP contribution in [0.25, 0.3) is 0 Å². The molecule has 0 aromatic heterocycles. The van der Waals surface area contributed by atoms with Crippen molar-refractivity contribution in [1.82, 2.24) is 4.90 Å². The summed E-state index contributed by atoms with van der Waals surface area (Å²) < 4.78 is 5.54. The van der Waals surface area contributed by atoms with Gasteiger partial charge in [0.25, 0.3) is 0 Å². The second-order valence-electron chi connectivity index (χ2n) is 3.81. The highest BCUT2D eigenvalue weighted by molar-refractivity contribution is 4.85. The summed E-state index contributed by atoms with van der Waals surface area (Å²) in [6.07, 6.45) is 4.18. The minimum absolute atomic E-state index is 0.831. The number of rotatable bonds is 0. The van der Waals surface area contributed by atoms with Crippen molar-refractivity contribution in [3.8, 4) is 0 Å². The third-order valence-corrected chi connectivity index (χ3v) is 3.11. The van der Waals surface area contributed by atoms with E-state index in [0.29, 0.717) is 0 Å². The number of hydrogen-bond donors (Lipinski definition) is 0. The Morgan fingerprint density at radius 2 is 2.27 bits per heavy atom. The topological polar surface area (TPSA) is 12.5 Å². The van der Waals surface area contributed by atoms with E-state index in [1.54, 1.807) is 0 Å². The van der Waals surface area contributed by atoms with Gasteiger partial charge in [0, 0.05) is 12.6 Å². The average Bonchev–Trinajstić information content (AvgIpc) is 2.40. The molecule has 2 atom stereocenters. The second kappa shape index (κ2) is 3.11. The molecule has 0 N–H and O–H groups in total. The molecule has 1 aliphatic carbocycles. The number of nitrogens with zero attached hydrogens (tertiary/aromatic N) is 1. The minimum atomic E-state index is 0.831. The molecule has 2 unspecified atom stereocenters. The molecule has 11 heavy (non-hydrogen) atoms. The summed E-state index contributed by atoms with van der Waals surface area (Å²) >= 11 is 0. The number of ether oxygens (including phenoxy) is 1. The fourth-order valence-corrected chi connectivity index (χ4v) is 2.40. The largest absolute Gasteiger partial charge is 0.380 e. The molecule has 1 saturated carbocycles. The van der Waals surface area contributed by atoms with Crippen LogP contribution in [0.2, 0.25) is 0 Å². The third kappa shape index (κ3) is 1.42. The maximum atomic E-state index is 5.54. The van der Waals surface area contributed by atoms with Crippen molar-refractivity contribution in [2.75, 3.05) is 26.8 Å². The first-order valence-corrected chi connectivity index (χ1v) is 4.66. The highest BCUT2D eigenvalue weighted by atomic mass is 16.5.